The van der Waals surface area contributed by atoms with Gasteiger partial charge in [-0.05, 0) is 47.9 Å². The van der Waals surface area contributed by atoms with Crippen molar-refractivity contribution >= 4 is 26.8 Å². The van der Waals surface area contributed by atoms with Gasteiger partial charge in [-0.15, -0.1) is 0 Å². The summed E-state index contributed by atoms with van der Waals surface area (Å²) in [4.78, 5) is 4.39. The lowest BCUT2D eigenvalue weighted by Gasteiger charge is -2.14. The summed E-state index contributed by atoms with van der Waals surface area (Å²) in [5.41, 5.74) is 10.8. The predicted octanol–water partition coefficient (Wildman–Crippen LogP) is 4.35. The number of benzene rings is 2. The second-order valence-electron chi connectivity index (χ2n) is 5.00. The van der Waals surface area contributed by atoms with E-state index in [9.17, 15) is 0 Å². The first-order chi connectivity index (χ1) is 9.63. The van der Waals surface area contributed by atoms with Crippen LogP contribution in [0.3, 0.4) is 0 Å². The van der Waals surface area contributed by atoms with E-state index < -0.39 is 0 Å². The quantitative estimate of drug-likeness (QED) is 0.760. The summed E-state index contributed by atoms with van der Waals surface area (Å²) in [7, 11) is 0. The lowest BCUT2D eigenvalue weighted by Crippen LogP contribution is -2.12. The Morgan fingerprint density at radius 3 is 2.70 bits per heavy atom. The maximum absolute atomic E-state index is 6.40. The van der Waals surface area contributed by atoms with E-state index in [0.717, 1.165) is 26.5 Å². The van der Waals surface area contributed by atoms with E-state index in [1.807, 2.05) is 6.07 Å². The van der Waals surface area contributed by atoms with Gasteiger partial charge in [0.15, 0.2) is 0 Å². The monoisotopic (exact) mass is 326 g/mol. The average Bonchev–Trinajstić information content (AvgIpc) is 2.45. The molecule has 0 aliphatic heterocycles. The second kappa shape index (κ2) is 5.35. The van der Waals surface area contributed by atoms with Crippen LogP contribution in [0, 0.1) is 6.92 Å². The third-order valence-corrected chi connectivity index (χ3v) is 3.87. The number of hydrogen-bond donors (Lipinski definition) is 1. The molecule has 0 saturated carbocycles. The number of rotatable bonds is 2. The van der Waals surface area contributed by atoms with Gasteiger partial charge in [-0.2, -0.15) is 0 Å². The zero-order chi connectivity index (χ0) is 14.1. The van der Waals surface area contributed by atoms with Gasteiger partial charge >= 0.3 is 0 Å². The van der Waals surface area contributed by atoms with Crippen molar-refractivity contribution in [2.75, 3.05) is 0 Å². The third kappa shape index (κ3) is 2.60. The minimum Gasteiger partial charge on any atom is -0.320 e. The lowest BCUT2D eigenvalue weighted by molar-refractivity contribution is 0.870. The molecule has 2 aromatic carbocycles. The van der Waals surface area contributed by atoms with Gasteiger partial charge in [-0.1, -0.05) is 40.2 Å². The van der Waals surface area contributed by atoms with Crippen LogP contribution in [0.5, 0.6) is 0 Å². The number of pyridine rings is 1. The first-order valence-electron chi connectivity index (χ1n) is 6.51. The highest BCUT2D eigenvalue weighted by atomic mass is 79.9. The molecule has 100 valence electrons. The molecule has 0 amide bonds. The Hall–Kier alpha value is -1.71. The van der Waals surface area contributed by atoms with Crippen molar-refractivity contribution in [3.63, 3.8) is 0 Å². The summed E-state index contributed by atoms with van der Waals surface area (Å²) in [5, 5.41) is 1.13. The van der Waals surface area contributed by atoms with E-state index in [1.165, 1.54) is 5.56 Å². The second-order valence-corrected chi connectivity index (χ2v) is 5.91. The first-order valence-corrected chi connectivity index (χ1v) is 7.30. The molecule has 1 atom stereocenters. The average molecular weight is 327 g/mol. The van der Waals surface area contributed by atoms with Crippen molar-refractivity contribution in [3.8, 4) is 0 Å². The van der Waals surface area contributed by atoms with Crippen LogP contribution in [0.15, 0.2) is 59.2 Å². The van der Waals surface area contributed by atoms with Crippen LogP contribution in [0.4, 0.5) is 0 Å². The Labute approximate surface area is 126 Å². The molecule has 3 heteroatoms. The number of nitrogens with two attached hydrogens (primary N) is 1. The summed E-state index contributed by atoms with van der Waals surface area (Å²) in [5.74, 6) is 0. The largest absolute Gasteiger partial charge is 0.320 e. The fourth-order valence-corrected chi connectivity index (χ4v) is 3.04. The van der Waals surface area contributed by atoms with Crippen LogP contribution in [0.2, 0.25) is 0 Å². The van der Waals surface area contributed by atoms with Crippen molar-refractivity contribution in [2.24, 2.45) is 5.73 Å². The lowest BCUT2D eigenvalue weighted by atomic mass is 9.97. The van der Waals surface area contributed by atoms with Crippen molar-refractivity contribution in [2.45, 2.75) is 13.0 Å². The molecule has 0 radical (unpaired) electrons. The Morgan fingerprint density at radius 2 is 1.90 bits per heavy atom. The van der Waals surface area contributed by atoms with E-state index in [2.05, 4.69) is 70.3 Å². The molecule has 2 N–H and O–H groups in total. The predicted molar refractivity (Wildman–Crippen MR) is 86.7 cm³/mol. The Balaban J connectivity index is 2.05. The molecule has 0 fully saturated rings. The molecule has 0 bridgehead atoms. The number of halogens is 1. The maximum atomic E-state index is 6.40. The van der Waals surface area contributed by atoms with Gasteiger partial charge in [0, 0.05) is 16.1 Å². The molecule has 0 spiro atoms. The van der Waals surface area contributed by atoms with Crippen LogP contribution in [0.25, 0.3) is 10.9 Å². The molecule has 3 aromatic rings. The number of fused-ring (bicyclic) bond motifs is 1. The van der Waals surface area contributed by atoms with Gasteiger partial charge in [-0.25, -0.2) is 0 Å². The first kappa shape index (κ1) is 13.3. The SMILES string of the molecule is Cc1cc(Br)cc(C(N)c2ccc3cccnc3c2)c1. The molecule has 0 aliphatic carbocycles. The molecule has 0 saturated heterocycles. The van der Waals surface area contributed by atoms with Crippen LogP contribution in [-0.2, 0) is 0 Å². The fourth-order valence-electron chi connectivity index (χ4n) is 2.41. The molecule has 1 aromatic heterocycles. The smallest absolute Gasteiger partial charge is 0.0705 e. The molecule has 20 heavy (non-hydrogen) atoms. The van der Waals surface area contributed by atoms with E-state index in [0.29, 0.717) is 0 Å². The third-order valence-electron chi connectivity index (χ3n) is 3.41. The zero-order valence-corrected chi connectivity index (χ0v) is 12.8. The van der Waals surface area contributed by atoms with Crippen molar-refractivity contribution < 1.29 is 0 Å². The normalized spacial score (nSPS) is 12.6. The minimum atomic E-state index is -0.141. The molecular formula is C17H15BrN2. The van der Waals surface area contributed by atoms with E-state index in [4.69, 9.17) is 5.73 Å². The van der Waals surface area contributed by atoms with Gasteiger partial charge < -0.3 is 5.73 Å². The summed E-state index contributed by atoms with van der Waals surface area (Å²) in [6.45, 7) is 2.07. The molecule has 0 aliphatic rings. The van der Waals surface area contributed by atoms with Crippen molar-refractivity contribution in [3.05, 3.63) is 75.9 Å². The van der Waals surface area contributed by atoms with Crippen molar-refractivity contribution in [1.82, 2.24) is 4.98 Å². The molecule has 1 heterocycles. The zero-order valence-electron chi connectivity index (χ0n) is 11.2. The van der Waals surface area contributed by atoms with Crippen LogP contribution in [-0.4, -0.2) is 4.98 Å². The molecule has 3 rings (SSSR count). The van der Waals surface area contributed by atoms with Gasteiger partial charge in [0.2, 0.25) is 0 Å². The van der Waals surface area contributed by atoms with E-state index in [-0.39, 0.29) is 6.04 Å². The number of aryl methyl sites for hydroxylation is 1. The topological polar surface area (TPSA) is 38.9 Å². The van der Waals surface area contributed by atoms with Crippen LogP contribution in [0.1, 0.15) is 22.7 Å². The summed E-state index contributed by atoms with van der Waals surface area (Å²) in [6.07, 6.45) is 1.81. The molecule has 2 nitrogen and oxygen atoms in total. The summed E-state index contributed by atoms with van der Waals surface area (Å²) >= 11 is 3.53. The standard InChI is InChI=1S/C17H15BrN2/c1-11-7-14(9-15(18)8-11)17(19)13-5-4-12-3-2-6-20-16(12)10-13/h2-10,17H,19H2,1H3. The summed E-state index contributed by atoms with van der Waals surface area (Å²) < 4.78 is 1.06. The number of hydrogen-bond acceptors (Lipinski definition) is 2. The Morgan fingerprint density at radius 1 is 1.05 bits per heavy atom. The Kier molecular flexibility index (Phi) is 3.55. The van der Waals surface area contributed by atoms with Crippen LogP contribution >= 0.6 is 15.9 Å². The highest BCUT2D eigenvalue weighted by Gasteiger charge is 2.11. The van der Waals surface area contributed by atoms with E-state index >= 15 is 0 Å². The minimum absolute atomic E-state index is 0.141. The molecule has 1 unspecified atom stereocenters. The van der Waals surface area contributed by atoms with Crippen LogP contribution < -0.4 is 5.73 Å². The fraction of sp³-hybridized carbons (Fsp3) is 0.118. The maximum Gasteiger partial charge on any atom is 0.0705 e. The Bertz CT molecular complexity index is 748. The number of nitrogens with zero attached hydrogens (tertiary/aromatic N) is 1. The van der Waals surface area contributed by atoms with Crippen molar-refractivity contribution in [1.29, 1.82) is 0 Å². The van der Waals surface area contributed by atoms with Gasteiger partial charge in [0.1, 0.15) is 0 Å². The molecular weight excluding hydrogens is 312 g/mol. The van der Waals surface area contributed by atoms with Gasteiger partial charge in [0.05, 0.1) is 11.6 Å². The van der Waals surface area contributed by atoms with E-state index in [1.54, 1.807) is 6.20 Å². The number of aromatic nitrogens is 1. The van der Waals surface area contributed by atoms with Gasteiger partial charge in [-0.3, -0.25) is 4.98 Å². The van der Waals surface area contributed by atoms with Gasteiger partial charge in [0.25, 0.3) is 0 Å². The highest BCUT2D eigenvalue weighted by Crippen LogP contribution is 2.26. The summed E-state index contributed by atoms with van der Waals surface area (Å²) in [6, 6.07) is 16.3. The highest BCUT2D eigenvalue weighted by molar-refractivity contribution is 9.10.